The molecule has 0 spiro atoms. The van der Waals surface area contributed by atoms with Gasteiger partial charge in [-0.1, -0.05) is 25.6 Å². The summed E-state index contributed by atoms with van der Waals surface area (Å²) in [5.41, 5.74) is -4.56. The third-order valence-electron chi connectivity index (χ3n) is 3.67. The molecule has 28 heavy (non-hydrogen) atoms. The van der Waals surface area contributed by atoms with Crippen molar-refractivity contribution in [3.63, 3.8) is 0 Å². The molecule has 0 unspecified atom stereocenters. The predicted octanol–water partition coefficient (Wildman–Crippen LogP) is 3.75. The van der Waals surface area contributed by atoms with E-state index in [1.165, 1.54) is 11.7 Å². The van der Waals surface area contributed by atoms with Gasteiger partial charge in [0.1, 0.15) is 11.4 Å². The van der Waals surface area contributed by atoms with Gasteiger partial charge >= 0.3 is 12.1 Å². The third-order valence-corrected chi connectivity index (χ3v) is 4.71. The lowest BCUT2D eigenvalue weighted by Gasteiger charge is -2.21. The number of carboxylic acid groups (broad SMARTS) is 1. The number of carboxylic acids is 1. The number of carbonyl (C=O) groups is 1. The first-order valence-electron chi connectivity index (χ1n) is 7.92. The smallest absolute Gasteiger partial charge is 0.433 e. The topological polar surface area (TPSA) is 93.8 Å². The maximum absolute atomic E-state index is 13.6. The molecule has 0 radical (unpaired) electrons. The summed E-state index contributed by atoms with van der Waals surface area (Å²) in [5.74, 6) is -2.42. The van der Waals surface area contributed by atoms with Crippen LogP contribution in [0.1, 0.15) is 53.1 Å². The standard InChI is InChI=1S/C15H16F5N5O2S/c1-6(2)4-7-8(5-28-14-22-23-24-25(14)3)11(15(18,19)20)21-10(12(16)17)9(7)13(26)27/h6,12H,4-5H2,1-3H3,(H,26,27). The minimum absolute atomic E-state index is 0.139. The lowest BCUT2D eigenvalue weighted by atomic mass is 9.91. The summed E-state index contributed by atoms with van der Waals surface area (Å²) in [6, 6.07) is 0. The average molecular weight is 425 g/mol. The Morgan fingerprint density at radius 2 is 1.89 bits per heavy atom. The van der Waals surface area contributed by atoms with Gasteiger partial charge in [-0.2, -0.15) is 13.2 Å². The Bertz CT molecular complexity index is 869. The quantitative estimate of drug-likeness (QED) is 0.533. The van der Waals surface area contributed by atoms with Crippen molar-refractivity contribution in [2.45, 2.75) is 43.8 Å². The third kappa shape index (κ3) is 4.75. The Hall–Kier alpha value is -2.31. The lowest BCUT2D eigenvalue weighted by Crippen LogP contribution is -2.21. The molecule has 0 amide bonds. The highest BCUT2D eigenvalue weighted by atomic mass is 32.2. The Balaban J connectivity index is 2.74. The molecule has 2 rings (SSSR count). The molecule has 0 aromatic carbocycles. The van der Waals surface area contributed by atoms with Gasteiger partial charge in [0.05, 0.1) is 5.56 Å². The zero-order valence-electron chi connectivity index (χ0n) is 15.0. The van der Waals surface area contributed by atoms with Crippen LogP contribution in [0.2, 0.25) is 0 Å². The van der Waals surface area contributed by atoms with Gasteiger partial charge < -0.3 is 5.11 Å². The maximum Gasteiger partial charge on any atom is 0.433 e. The number of halogens is 5. The van der Waals surface area contributed by atoms with Crippen LogP contribution in [0.15, 0.2) is 5.16 Å². The summed E-state index contributed by atoms with van der Waals surface area (Å²) < 4.78 is 68.6. The van der Waals surface area contributed by atoms with Gasteiger partial charge in [-0.25, -0.2) is 23.2 Å². The molecular formula is C15H16F5N5O2S. The summed E-state index contributed by atoms with van der Waals surface area (Å²) in [6.45, 7) is 3.29. The van der Waals surface area contributed by atoms with Crippen molar-refractivity contribution in [2.75, 3.05) is 0 Å². The number of aromatic carboxylic acids is 1. The van der Waals surface area contributed by atoms with Crippen LogP contribution in [0.5, 0.6) is 0 Å². The van der Waals surface area contributed by atoms with E-state index >= 15 is 0 Å². The van der Waals surface area contributed by atoms with Crippen molar-refractivity contribution in [1.82, 2.24) is 25.2 Å². The molecule has 0 aliphatic carbocycles. The van der Waals surface area contributed by atoms with Gasteiger partial charge in [0, 0.05) is 12.8 Å². The number of hydrogen-bond donors (Lipinski definition) is 1. The molecule has 2 aromatic heterocycles. The van der Waals surface area contributed by atoms with Gasteiger partial charge in [0.2, 0.25) is 5.16 Å². The van der Waals surface area contributed by atoms with Gasteiger partial charge in [0.25, 0.3) is 6.43 Å². The van der Waals surface area contributed by atoms with E-state index < -0.39 is 41.1 Å². The first-order chi connectivity index (χ1) is 12.9. The van der Waals surface area contributed by atoms with Crippen LogP contribution in [0.25, 0.3) is 0 Å². The number of thioether (sulfide) groups is 1. The van der Waals surface area contributed by atoms with E-state index in [-0.39, 0.29) is 28.8 Å². The van der Waals surface area contributed by atoms with Crippen LogP contribution in [0.3, 0.4) is 0 Å². The first-order valence-corrected chi connectivity index (χ1v) is 8.91. The Morgan fingerprint density at radius 1 is 1.25 bits per heavy atom. The minimum Gasteiger partial charge on any atom is -0.478 e. The molecule has 0 saturated carbocycles. The normalized spacial score (nSPS) is 12.2. The summed E-state index contributed by atoms with van der Waals surface area (Å²) in [7, 11) is 1.48. The predicted molar refractivity (Wildman–Crippen MR) is 88.1 cm³/mol. The van der Waals surface area contributed by atoms with Crippen LogP contribution >= 0.6 is 11.8 Å². The molecular weight excluding hydrogens is 409 g/mol. The maximum atomic E-state index is 13.6. The monoisotopic (exact) mass is 425 g/mol. The fourth-order valence-corrected chi connectivity index (χ4v) is 3.49. The highest BCUT2D eigenvalue weighted by Gasteiger charge is 2.40. The Kier molecular flexibility index (Phi) is 6.57. The van der Waals surface area contributed by atoms with Gasteiger partial charge in [-0.15, -0.1) is 5.10 Å². The van der Waals surface area contributed by atoms with Crippen LogP contribution in [0.4, 0.5) is 22.0 Å². The van der Waals surface area contributed by atoms with E-state index in [0.29, 0.717) is 0 Å². The average Bonchev–Trinajstić information content (AvgIpc) is 2.95. The zero-order valence-corrected chi connectivity index (χ0v) is 15.8. The Labute approximate surface area is 160 Å². The summed E-state index contributed by atoms with van der Waals surface area (Å²) >= 11 is 0.819. The van der Waals surface area contributed by atoms with E-state index in [2.05, 4.69) is 20.5 Å². The van der Waals surface area contributed by atoms with Crippen molar-refractivity contribution in [3.8, 4) is 0 Å². The number of tetrazole rings is 1. The molecule has 154 valence electrons. The number of rotatable bonds is 7. The van der Waals surface area contributed by atoms with Crippen LogP contribution in [0, 0.1) is 5.92 Å². The summed E-state index contributed by atoms with van der Waals surface area (Å²) in [4.78, 5) is 14.7. The minimum atomic E-state index is -5.04. The van der Waals surface area contributed by atoms with Crippen molar-refractivity contribution in [1.29, 1.82) is 0 Å². The van der Waals surface area contributed by atoms with E-state index in [4.69, 9.17) is 0 Å². The fourth-order valence-electron chi connectivity index (χ4n) is 2.59. The van der Waals surface area contributed by atoms with Crippen molar-refractivity contribution < 1.29 is 31.9 Å². The lowest BCUT2D eigenvalue weighted by molar-refractivity contribution is -0.142. The second-order valence-corrected chi connectivity index (χ2v) is 7.20. The molecule has 0 atom stereocenters. The molecule has 0 fully saturated rings. The summed E-state index contributed by atoms with van der Waals surface area (Å²) in [5, 5.41) is 20.2. The Morgan fingerprint density at radius 3 is 2.32 bits per heavy atom. The van der Waals surface area contributed by atoms with Gasteiger partial charge in [-0.05, 0) is 33.9 Å². The number of aromatic nitrogens is 5. The van der Waals surface area contributed by atoms with Gasteiger partial charge in [-0.3, -0.25) is 0 Å². The van der Waals surface area contributed by atoms with Crippen molar-refractivity contribution in [3.05, 3.63) is 28.1 Å². The molecule has 0 bridgehead atoms. The summed E-state index contributed by atoms with van der Waals surface area (Å²) in [6.07, 6.45) is -8.65. The highest BCUT2D eigenvalue weighted by molar-refractivity contribution is 7.98. The second-order valence-electron chi connectivity index (χ2n) is 6.25. The molecule has 1 N–H and O–H groups in total. The van der Waals surface area contributed by atoms with E-state index in [1.807, 2.05) is 0 Å². The zero-order chi connectivity index (χ0) is 21.2. The molecule has 7 nitrogen and oxygen atoms in total. The molecule has 0 aliphatic heterocycles. The number of aryl methyl sites for hydroxylation is 1. The second kappa shape index (κ2) is 8.37. The molecule has 0 saturated heterocycles. The van der Waals surface area contributed by atoms with E-state index in [1.54, 1.807) is 13.8 Å². The molecule has 2 aromatic rings. The molecule has 13 heteroatoms. The van der Waals surface area contributed by atoms with Crippen molar-refractivity contribution in [2.24, 2.45) is 13.0 Å². The van der Waals surface area contributed by atoms with E-state index in [9.17, 15) is 31.9 Å². The highest BCUT2D eigenvalue weighted by Crippen LogP contribution is 2.39. The number of hydrogen-bond acceptors (Lipinski definition) is 6. The fraction of sp³-hybridized carbons (Fsp3) is 0.533. The van der Waals surface area contributed by atoms with E-state index in [0.717, 1.165) is 11.8 Å². The molecule has 0 aliphatic rings. The largest absolute Gasteiger partial charge is 0.478 e. The number of pyridine rings is 1. The van der Waals surface area contributed by atoms with Crippen LogP contribution < -0.4 is 0 Å². The van der Waals surface area contributed by atoms with Crippen LogP contribution in [-0.2, 0) is 25.4 Å². The number of nitrogens with zero attached hydrogens (tertiary/aromatic N) is 5. The van der Waals surface area contributed by atoms with Crippen molar-refractivity contribution >= 4 is 17.7 Å². The number of alkyl halides is 5. The van der Waals surface area contributed by atoms with Crippen LogP contribution in [-0.4, -0.2) is 36.3 Å². The van der Waals surface area contributed by atoms with Gasteiger partial charge in [0.15, 0.2) is 0 Å². The molecule has 2 heterocycles. The first kappa shape index (κ1) is 22.0. The SMILES string of the molecule is CC(C)Cc1c(CSc2nnnn2C)c(C(F)(F)F)nc(C(F)F)c1C(=O)O.